The minimum absolute atomic E-state index is 0.0179. The van der Waals surface area contributed by atoms with Crippen LogP contribution in [-0.2, 0) is 11.3 Å². The van der Waals surface area contributed by atoms with E-state index in [1.807, 2.05) is 36.4 Å². The number of aromatic nitrogens is 1. The molecule has 2 aromatic carbocycles. The number of carbonyl (C=O) groups is 1. The van der Waals surface area contributed by atoms with Crippen LogP contribution in [0.2, 0.25) is 0 Å². The largest absolute Gasteiger partial charge is 0.486 e. The van der Waals surface area contributed by atoms with Crippen molar-refractivity contribution in [3.63, 3.8) is 0 Å². The monoisotopic (exact) mass is 398 g/mol. The quantitative estimate of drug-likeness (QED) is 0.610. The zero-order valence-electron chi connectivity index (χ0n) is 15.5. The molecule has 0 saturated carbocycles. The summed E-state index contributed by atoms with van der Waals surface area (Å²) in [5.41, 5.74) is 0.794. The molecular weight excluding hydrogens is 376 g/mol. The van der Waals surface area contributed by atoms with E-state index in [4.69, 9.17) is 9.47 Å². The smallest absolute Gasteiger partial charge is 0.268 e. The summed E-state index contributed by atoms with van der Waals surface area (Å²) in [6.45, 7) is 1.77. The molecule has 3 aromatic rings. The SMILES string of the molecule is O=C(CCCCCn1sc2ccccc2c1=O)Nc1ccc2c(c1)OCCO2. The highest BCUT2D eigenvalue weighted by Gasteiger charge is 2.13. The molecule has 2 heterocycles. The zero-order valence-corrected chi connectivity index (χ0v) is 16.3. The average Bonchev–Trinajstić information content (AvgIpc) is 3.03. The first kappa shape index (κ1) is 18.6. The summed E-state index contributed by atoms with van der Waals surface area (Å²) < 4.78 is 13.8. The van der Waals surface area contributed by atoms with E-state index in [-0.39, 0.29) is 11.5 Å². The second-order valence-electron chi connectivity index (χ2n) is 6.71. The van der Waals surface area contributed by atoms with Gasteiger partial charge in [-0.05, 0) is 37.1 Å². The lowest BCUT2D eigenvalue weighted by atomic mass is 10.2. The molecule has 0 radical (unpaired) electrons. The molecule has 0 aliphatic carbocycles. The molecule has 28 heavy (non-hydrogen) atoms. The maximum Gasteiger partial charge on any atom is 0.268 e. The summed E-state index contributed by atoms with van der Waals surface area (Å²) in [6.07, 6.45) is 3.02. The Kier molecular flexibility index (Phi) is 5.62. The number of hydrogen-bond acceptors (Lipinski definition) is 5. The first-order valence-corrected chi connectivity index (χ1v) is 10.3. The van der Waals surface area contributed by atoms with Gasteiger partial charge in [0.15, 0.2) is 11.5 Å². The van der Waals surface area contributed by atoms with Gasteiger partial charge < -0.3 is 14.8 Å². The lowest BCUT2D eigenvalue weighted by molar-refractivity contribution is -0.116. The number of amides is 1. The van der Waals surface area contributed by atoms with E-state index in [1.54, 1.807) is 10.0 Å². The fraction of sp³-hybridized carbons (Fsp3) is 0.333. The summed E-state index contributed by atoms with van der Waals surface area (Å²) in [5.74, 6) is 1.36. The highest BCUT2D eigenvalue weighted by Crippen LogP contribution is 2.32. The fourth-order valence-corrected chi connectivity index (χ4v) is 4.26. The Morgan fingerprint density at radius 1 is 1.04 bits per heavy atom. The van der Waals surface area contributed by atoms with Crippen LogP contribution >= 0.6 is 11.5 Å². The molecule has 1 aliphatic rings. The maximum atomic E-state index is 12.3. The molecule has 1 amide bonds. The van der Waals surface area contributed by atoms with Gasteiger partial charge in [-0.3, -0.25) is 13.5 Å². The summed E-state index contributed by atoms with van der Waals surface area (Å²) in [4.78, 5) is 24.4. The number of anilines is 1. The van der Waals surface area contributed by atoms with Crippen LogP contribution < -0.4 is 20.3 Å². The Morgan fingerprint density at radius 3 is 2.71 bits per heavy atom. The van der Waals surface area contributed by atoms with E-state index in [0.717, 1.165) is 29.3 Å². The third kappa shape index (κ3) is 4.20. The number of hydrogen-bond donors (Lipinski definition) is 1. The van der Waals surface area contributed by atoms with Gasteiger partial charge in [0.1, 0.15) is 13.2 Å². The molecule has 0 saturated heterocycles. The number of carbonyl (C=O) groups excluding carboxylic acids is 1. The van der Waals surface area contributed by atoms with Crippen molar-refractivity contribution >= 4 is 33.2 Å². The molecule has 1 aliphatic heterocycles. The van der Waals surface area contributed by atoms with Crippen molar-refractivity contribution in [3.05, 3.63) is 52.8 Å². The third-order valence-electron chi connectivity index (χ3n) is 4.64. The second kappa shape index (κ2) is 8.48. The number of rotatable bonds is 7. The summed E-state index contributed by atoms with van der Waals surface area (Å²) in [7, 11) is 0. The Balaban J connectivity index is 1.21. The van der Waals surface area contributed by atoms with Gasteiger partial charge in [-0.25, -0.2) is 0 Å². The number of aryl methyl sites for hydroxylation is 1. The van der Waals surface area contributed by atoms with Crippen LogP contribution in [0.3, 0.4) is 0 Å². The van der Waals surface area contributed by atoms with E-state index in [1.165, 1.54) is 11.5 Å². The lowest BCUT2D eigenvalue weighted by Crippen LogP contribution is -2.16. The van der Waals surface area contributed by atoms with Crippen LogP contribution in [0.4, 0.5) is 5.69 Å². The molecule has 0 unspecified atom stereocenters. The molecule has 4 rings (SSSR count). The molecule has 0 fully saturated rings. The number of nitrogens with one attached hydrogen (secondary N) is 1. The van der Waals surface area contributed by atoms with E-state index in [9.17, 15) is 9.59 Å². The van der Waals surface area contributed by atoms with Crippen LogP contribution in [0, 0.1) is 0 Å². The molecule has 1 N–H and O–H groups in total. The summed E-state index contributed by atoms with van der Waals surface area (Å²) in [5, 5.41) is 3.68. The van der Waals surface area contributed by atoms with Crippen molar-refractivity contribution in [2.75, 3.05) is 18.5 Å². The summed E-state index contributed by atoms with van der Waals surface area (Å²) in [6, 6.07) is 13.1. The minimum Gasteiger partial charge on any atom is -0.486 e. The lowest BCUT2D eigenvalue weighted by Gasteiger charge is -2.19. The van der Waals surface area contributed by atoms with E-state index < -0.39 is 0 Å². The van der Waals surface area contributed by atoms with E-state index in [0.29, 0.717) is 43.4 Å². The van der Waals surface area contributed by atoms with Gasteiger partial charge in [0.05, 0.1) is 10.1 Å². The first-order chi connectivity index (χ1) is 13.7. The van der Waals surface area contributed by atoms with Crippen molar-refractivity contribution in [3.8, 4) is 11.5 Å². The van der Waals surface area contributed by atoms with Crippen molar-refractivity contribution in [2.24, 2.45) is 0 Å². The standard InChI is InChI=1S/C21H22N2O4S/c24-20(22-15-9-10-17-18(14-15)27-13-12-26-17)8-2-1-5-11-23-21(25)16-6-3-4-7-19(16)28-23/h3-4,6-7,9-10,14H,1-2,5,8,11-13H2,(H,22,24). The second-order valence-corrected chi connectivity index (χ2v) is 7.78. The van der Waals surface area contributed by atoms with Crippen LogP contribution in [0.25, 0.3) is 10.1 Å². The summed E-state index contributed by atoms with van der Waals surface area (Å²) >= 11 is 1.50. The average molecular weight is 398 g/mol. The zero-order chi connectivity index (χ0) is 19.3. The van der Waals surface area contributed by atoms with Crippen molar-refractivity contribution in [1.29, 1.82) is 0 Å². The van der Waals surface area contributed by atoms with E-state index in [2.05, 4.69) is 5.32 Å². The van der Waals surface area contributed by atoms with Gasteiger partial charge in [-0.15, -0.1) is 0 Å². The predicted molar refractivity (Wildman–Crippen MR) is 111 cm³/mol. The number of ether oxygens (including phenoxy) is 2. The first-order valence-electron chi connectivity index (χ1n) is 9.49. The molecule has 1 aromatic heterocycles. The number of nitrogens with zero attached hydrogens (tertiary/aromatic N) is 1. The molecule has 0 spiro atoms. The molecule has 6 nitrogen and oxygen atoms in total. The van der Waals surface area contributed by atoms with Gasteiger partial charge in [-0.1, -0.05) is 30.1 Å². The molecule has 146 valence electrons. The van der Waals surface area contributed by atoms with Crippen molar-refractivity contribution in [1.82, 2.24) is 3.96 Å². The third-order valence-corrected chi connectivity index (χ3v) is 5.76. The maximum absolute atomic E-state index is 12.3. The number of fused-ring (bicyclic) bond motifs is 2. The molecule has 7 heteroatoms. The predicted octanol–water partition coefficient (Wildman–Crippen LogP) is 4.03. The van der Waals surface area contributed by atoms with Crippen LogP contribution in [-0.4, -0.2) is 23.1 Å². The van der Waals surface area contributed by atoms with Gasteiger partial charge in [0.2, 0.25) is 5.91 Å². The molecule has 0 atom stereocenters. The minimum atomic E-state index is -0.0179. The number of unbranched alkanes of at least 4 members (excludes halogenated alkanes) is 2. The Morgan fingerprint density at radius 2 is 1.86 bits per heavy atom. The van der Waals surface area contributed by atoms with Crippen molar-refractivity contribution in [2.45, 2.75) is 32.2 Å². The Labute approximate surface area is 166 Å². The highest BCUT2D eigenvalue weighted by molar-refractivity contribution is 7.13. The van der Waals surface area contributed by atoms with E-state index >= 15 is 0 Å². The Hall–Kier alpha value is -2.80. The number of benzene rings is 2. The normalized spacial score (nSPS) is 12.9. The highest BCUT2D eigenvalue weighted by atomic mass is 32.1. The van der Waals surface area contributed by atoms with Crippen LogP contribution in [0.1, 0.15) is 25.7 Å². The topological polar surface area (TPSA) is 69.6 Å². The van der Waals surface area contributed by atoms with Gasteiger partial charge in [0, 0.05) is 24.7 Å². The van der Waals surface area contributed by atoms with Crippen LogP contribution in [0.15, 0.2) is 47.3 Å². The van der Waals surface area contributed by atoms with Crippen molar-refractivity contribution < 1.29 is 14.3 Å². The fourth-order valence-electron chi connectivity index (χ4n) is 3.23. The Bertz CT molecular complexity index is 1040. The molecule has 0 bridgehead atoms. The van der Waals surface area contributed by atoms with Crippen LogP contribution in [0.5, 0.6) is 11.5 Å². The van der Waals surface area contributed by atoms with Gasteiger partial charge >= 0.3 is 0 Å². The van der Waals surface area contributed by atoms with Gasteiger partial charge in [0.25, 0.3) is 5.56 Å². The van der Waals surface area contributed by atoms with Gasteiger partial charge in [-0.2, -0.15) is 0 Å². The molecular formula is C21H22N2O4S.